The molecule has 0 unspecified atom stereocenters. The van der Waals surface area contributed by atoms with Gasteiger partial charge < -0.3 is 4.90 Å². The molecule has 0 aromatic heterocycles. The largest absolute Gasteiger partial charge is 0.309 e. The van der Waals surface area contributed by atoms with Gasteiger partial charge in [0.15, 0.2) is 0 Å². The number of hydrogen-bond acceptors (Lipinski definition) is 1. The van der Waals surface area contributed by atoms with Crippen molar-refractivity contribution in [3.05, 3.63) is 151 Å². The SMILES string of the molecule is CC1(C)CCC(C)(C)c2cc3cc(-c4ccccc4N(c4ccccc4)c4ccccc4-c4ccccc4)ccc3cc21. The van der Waals surface area contributed by atoms with E-state index in [0.29, 0.717) is 0 Å². The second-order valence-corrected chi connectivity index (χ2v) is 13.3. The number of hydrogen-bond donors (Lipinski definition) is 0. The molecule has 0 N–H and O–H groups in total. The molecule has 6 aromatic rings. The lowest BCUT2D eigenvalue weighted by Gasteiger charge is -2.42. The molecule has 1 aliphatic rings. The summed E-state index contributed by atoms with van der Waals surface area (Å²) in [5.41, 5.74) is 11.7. The smallest absolute Gasteiger partial charge is 0.0540 e. The Balaban J connectivity index is 1.42. The zero-order valence-corrected chi connectivity index (χ0v) is 25.6. The number of fused-ring (bicyclic) bond motifs is 2. The standard InChI is InChI=1S/C42H39N/c1-41(2)25-26-42(3,4)38-29-33-27-32(24-23-31(33)28-37(38)41)36-20-12-14-22-40(36)43(34-17-9-6-10-18-34)39-21-13-11-19-35(39)30-15-7-5-8-16-30/h5-24,27-29H,25-26H2,1-4H3. The first-order valence-corrected chi connectivity index (χ1v) is 15.5. The molecule has 0 bridgehead atoms. The molecule has 0 amide bonds. The van der Waals surface area contributed by atoms with Crippen LogP contribution in [0.3, 0.4) is 0 Å². The van der Waals surface area contributed by atoms with Crippen LogP contribution in [0.2, 0.25) is 0 Å². The molecule has 43 heavy (non-hydrogen) atoms. The molecule has 0 fully saturated rings. The Hall–Kier alpha value is -4.62. The van der Waals surface area contributed by atoms with Crippen LogP contribution in [0.5, 0.6) is 0 Å². The van der Waals surface area contributed by atoms with E-state index in [1.807, 2.05) is 0 Å². The second kappa shape index (κ2) is 10.6. The summed E-state index contributed by atoms with van der Waals surface area (Å²) in [6, 6.07) is 51.0. The van der Waals surface area contributed by atoms with Crippen molar-refractivity contribution in [1.29, 1.82) is 0 Å². The Kier molecular flexibility index (Phi) is 6.70. The van der Waals surface area contributed by atoms with Gasteiger partial charge in [0.1, 0.15) is 0 Å². The Morgan fingerprint density at radius 2 is 0.930 bits per heavy atom. The predicted molar refractivity (Wildman–Crippen MR) is 185 cm³/mol. The summed E-state index contributed by atoms with van der Waals surface area (Å²) >= 11 is 0. The van der Waals surface area contributed by atoms with E-state index in [0.717, 1.165) is 17.1 Å². The maximum absolute atomic E-state index is 2.48. The van der Waals surface area contributed by atoms with Gasteiger partial charge in [-0.25, -0.2) is 0 Å². The first kappa shape index (κ1) is 27.2. The average molecular weight is 558 g/mol. The van der Waals surface area contributed by atoms with E-state index in [1.54, 1.807) is 0 Å². The molecule has 0 atom stereocenters. The van der Waals surface area contributed by atoms with Crippen LogP contribution in [-0.2, 0) is 10.8 Å². The summed E-state index contributed by atoms with van der Waals surface area (Å²) in [6.45, 7) is 9.63. The summed E-state index contributed by atoms with van der Waals surface area (Å²) < 4.78 is 0. The molecule has 0 heterocycles. The van der Waals surface area contributed by atoms with Gasteiger partial charge in [0.2, 0.25) is 0 Å². The Labute approximate surface area is 256 Å². The van der Waals surface area contributed by atoms with Gasteiger partial charge in [0, 0.05) is 16.8 Å². The number of rotatable bonds is 5. The van der Waals surface area contributed by atoms with E-state index < -0.39 is 0 Å². The molecule has 0 saturated heterocycles. The Morgan fingerprint density at radius 1 is 0.442 bits per heavy atom. The maximum Gasteiger partial charge on any atom is 0.0540 e. The normalized spacial score (nSPS) is 15.2. The van der Waals surface area contributed by atoms with Crippen molar-refractivity contribution in [2.24, 2.45) is 0 Å². The third-order valence-electron chi connectivity index (χ3n) is 9.51. The molecule has 7 rings (SSSR count). The van der Waals surface area contributed by atoms with Gasteiger partial charge in [-0.2, -0.15) is 0 Å². The summed E-state index contributed by atoms with van der Waals surface area (Å²) in [6.07, 6.45) is 2.44. The summed E-state index contributed by atoms with van der Waals surface area (Å²) in [7, 11) is 0. The number of nitrogens with zero attached hydrogens (tertiary/aromatic N) is 1. The third-order valence-corrected chi connectivity index (χ3v) is 9.51. The molecule has 1 nitrogen and oxygen atoms in total. The lowest BCUT2D eigenvalue weighted by Crippen LogP contribution is -2.33. The predicted octanol–water partition coefficient (Wildman–Crippen LogP) is 12.0. The van der Waals surface area contributed by atoms with Crippen LogP contribution in [0, 0.1) is 0 Å². The van der Waals surface area contributed by atoms with Crippen LogP contribution in [0.25, 0.3) is 33.0 Å². The van der Waals surface area contributed by atoms with Gasteiger partial charge in [0.25, 0.3) is 0 Å². The van der Waals surface area contributed by atoms with Crippen LogP contribution in [0.15, 0.2) is 140 Å². The molecule has 212 valence electrons. The van der Waals surface area contributed by atoms with Crippen molar-refractivity contribution in [3.63, 3.8) is 0 Å². The lowest BCUT2D eigenvalue weighted by atomic mass is 9.63. The van der Waals surface area contributed by atoms with Crippen molar-refractivity contribution in [3.8, 4) is 22.3 Å². The summed E-state index contributed by atoms with van der Waals surface area (Å²) in [5.74, 6) is 0. The van der Waals surface area contributed by atoms with Crippen LogP contribution in [0.1, 0.15) is 51.7 Å². The van der Waals surface area contributed by atoms with Crippen molar-refractivity contribution in [2.45, 2.75) is 51.4 Å². The van der Waals surface area contributed by atoms with Crippen LogP contribution >= 0.6 is 0 Å². The highest BCUT2D eigenvalue weighted by atomic mass is 15.1. The fourth-order valence-electron chi connectivity index (χ4n) is 6.91. The molecule has 0 spiro atoms. The number of para-hydroxylation sites is 3. The zero-order valence-electron chi connectivity index (χ0n) is 25.6. The maximum atomic E-state index is 2.48. The number of anilines is 3. The van der Waals surface area contributed by atoms with Crippen LogP contribution in [0.4, 0.5) is 17.1 Å². The first-order valence-electron chi connectivity index (χ1n) is 15.5. The van der Waals surface area contributed by atoms with Gasteiger partial charge in [-0.3, -0.25) is 0 Å². The van der Waals surface area contributed by atoms with Gasteiger partial charge in [-0.15, -0.1) is 0 Å². The van der Waals surface area contributed by atoms with Gasteiger partial charge in [0.05, 0.1) is 11.4 Å². The van der Waals surface area contributed by atoms with E-state index in [4.69, 9.17) is 0 Å². The lowest BCUT2D eigenvalue weighted by molar-refractivity contribution is 0.332. The van der Waals surface area contributed by atoms with Crippen LogP contribution < -0.4 is 4.90 Å². The van der Waals surface area contributed by atoms with Crippen molar-refractivity contribution in [2.75, 3.05) is 4.90 Å². The quantitative estimate of drug-likeness (QED) is 0.204. The summed E-state index contributed by atoms with van der Waals surface area (Å²) in [4.78, 5) is 2.42. The zero-order chi connectivity index (χ0) is 29.6. The molecule has 6 aromatic carbocycles. The van der Waals surface area contributed by atoms with Gasteiger partial charge in [-0.1, -0.05) is 137 Å². The minimum absolute atomic E-state index is 0.179. The third kappa shape index (κ3) is 4.93. The fourth-order valence-corrected chi connectivity index (χ4v) is 6.91. The minimum Gasteiger partial charge on any atom is -0.309 e. The average Bonchev–Trinajstić information content (AvgIpc) is 3.04. The minimum atomic E-state index is 0.179. The highest BCUT2D eigenvalue weighted by Gasteiger charge is 2.37. The molecule has 0 saturated carbocycles. The first-order chi connectivity index (χ1) is 20.8. The van der Waals surface area contributed by atoms with E-state index in [2.05, 4.69) is 172 Å². The van der Waals surface area contributed by atoms with Crippen LogP contribution in [-0.4, -0.2) is 0 Å². The molecule has 1 heteroatoms. The molecular weight excluding hydrogens is 518 g/mol. The monoisotopic (exact) mass is 557 g/mol. The van der Waals surface area contributed by atoms with E-state index in [-0.39, 0.29) is 10.8 Å². The van der Waals surface area contributed by atoms with E-state index in [1.165, 1.54) is 57.0 Å². The Bertz CT molecular complexity index is 1910. The Morgan fingerprint density at radius 3 is 1.53 bits per heavy atom. The molecule has 0 aliphatic heterocycles. The molecule has 0 radical (unpaired) electrons. The van der Waals surface area contributed by atoms with Crippen molar-refractivity contribution < 1.29 is 0 Å². The highest BCUT2D eigenvalue weighted by molar-refractivity contribution is 5.96. The highest BCUT2D eigenvalue weighted by Crippen LogP contribution is 2.48. The summed E-state index contributed by atoms with van der Waals surface area (Å²) in [5, 5.41) is 2.63. The van der Waals surface area contributed by atoms with E-state index in [9.17, 15) is 0 Å². The van der Waals surface area contributed by atoms with Crippen molar-refractivity contribution in [1.82, 2.24) is 0 Å². The number of benzene rings is 6. The fraction of sp³-hybridized carbons (Fsp3) is 0.190. The van der Waals surface area contributed by atoms with Gasteiger partial charge >= 0.3 is 0 Å². The van der Waals surface area contributed by atoms with Gasteiger partial charge in [-0.05, 0) is 87.0 Å². The van der Waals surface area contributed by atoms with E-state index >= 15 is 0 Å². The van der Waals surface area contributed by atoms with Crippen molar-refractivity contribution >= 4 is 27.8 Å². The molecular formula is C42H39N. The topological polar surface area (TPSA) is 3.24 Å². The second-order valence-electron chi connectivity index (χ2n) is 13.3. The molecule has 1 aliphatic carbocycles.